The van der Waals surface area contributed by atoms with Crippen LogP contribution in [0.15, 0.2) is 17.0 Å². The van der Waals surface area contributed by atoms with Crippen LogP contribution in [0.5, 0.6) is 0 Å². The maximum absolute atomic E-state index is 13.2. The van der Waals surface area contributed by atoms with Crippen molar-refractivity contribution in [1.29, 1.82) is 5.26 Å². The minimum absolute atomic E-state index is 0.179. The van der Waals surface area contributed by atoms with E-state index < -0.39 is 15.8 Å². The summed E-state index contributed by atoms with van der Waals surface area (Å²) in [6, 6.07) is 3.82. The van der Waals surface area contributed by atoms with Gasteiger partial charge in [-0.05, 0) is 24.6 Å². The van der Waals surface area contributed by atoms with Gasteiger partial charge in [0.15, 0.2) is 0 Å². The fourth-order valence-corrected chi connectivity index (χ4v) is 2.82. The number of hydrogen-bond acceptors (Lipinski definition) is 3. The number of halogens is 2. The molecule has 0 amide bonds. The Morgan fingerprint density at radius 2 is 2.12 bits per heavy atom. The first-order valence-electron chi connectivity index (χ1n) is 4.59. The molecular formula is C10H10ClFN2O2S. The van der Waals surface area contributed by atoms with E-state index in [4.69, 9.17) is 16.9 Å². The first kappa shape index (κ1) is 13.9. The van der Waals surface area contributed by atoms with Crippen LogP contribution in [0.2, 0.25) is 5.02 Å². The Bertz CT molecular complexity index is 581. The van der Waals surface area contributed by atoms with Gasteiger partial charge in [0.05, 0.1) is 11.1 Å². The van der Waals surface area contributed by atoms with Crippen LogP contribution < -0.4 is 0 Å². The minimum atomic E-state index is -3.86. The van der Waals surface area contributed by atoms with E-state index in [9.17, 15) is 12.8 Å². The van der Waals surface area contributed by atoms with Gasteiger partial charge in [0.25, 0.3) is 0 Å². The highest BCUT2D eigenvalue weighted by Crippen LogP contribution is 2.26. The van der Waals surface area contributed by atoms with Gasteiger partial charge in [-0.25, -0.2) is 12.8 Å². The van der Waals surface area contributed by atoms with Gasteiger partial charge in [0, 0.05) is 7.05 Å². The highest BCUT2D eigenvalue weighted by molar-refractivity contribution is 7.89. The van der Waals surface area contributed by atoms with E-state index in [1.54, 1.807) is 6.07 Å². The molecule has 0 atom stereocenters. The second-order valence-corrected chi connectivity index (χ2v) is 5.87. The van der Waals surface area contributed by atoms with E-state index in [0.717, 1.165) is 16.4 Å². The molecule has 4 nitrogen and oxygen atoms in total. The highest BCUT2D eigenvalue weighted by Gasteiger charge is 2.24. The van der Waals surface area contributed by atoms with Crippen molar-refractivity contribution in [2.75, 3.05) is 13.6 Å². The van der Waals surface area contributed by atoms with Crippen molar-refractivity contribution in [3.63, 3.8) is 0 Å². The van der Waals surface area contributed by atoms with Gasteiger partial charge >= 0.3 is 0 Å². The fourth-order valence-electron chi connectivity index (χ4n) is 1.18. The first-order valence-corrected chi connectivity index (χ1v) is 6.41. The first-order chi connectivity index (χ1) is 7.80. The Balaban J connectivity index is 3.35. The Morgan fingerprint density at radius 3 is 2.65 bits per heavy atom. The van der Waals surface area contributed by atoms with Crippen LogP contribution in [-0.4, -0.2) is 26.3 Å². The molecule has 0 saturated carbocycles. The van der Waals surface area contributed by atoms with Crippen LogP contribution >= 0.6 is 11.6 Å². The van der Waals surface area contributed by atoms with Crippen molar-refractivity contribution >= 4 is 21.6 Å². The van der Waals surface area contributed by atoms with E-state index in [1.165, 1.54) is 14.0 Å². The summed E-state index contributed by atoms with van der Waals surface area (Å²) in [5, 5.41) is 8.27. The second kappa shape index (κ2) is 5.00. The summed E-state index contributed by atoms with van der Waals surface area (Å²) < 4.78 is 38.0. The summed E-state index contributed by atoms with van der Waals surface area (Å²) in [6.45, 7) is 1.14. The van der Waals surface area contributed by atoms with Crippen LogP contribution in [-0.2, 0) is 10.0 Å². The fraction of sp³-hybridized carbons (Fsp3) is 0.300. The number of nitrogens with zero attached hydrogens (tertiary/aromatic N) is 2. The van der Waals surface area contributed by atoms with Gasteiger partial charge < -0.3 is 0 Å². The molecule has 1 aromatic carbocycles. The van der Waals surface area contributed by atoms with Crippen LogP contribution in [0.25, 0.3) is 0 Å². The van der Waals surface area contributed by atoms with Crippen molar-refractivity contribution in [2.45, 2.75) is 11.8 Å². The molecule has 0 fully saturated rings. The van der Waals surface area contributed by atoms with Gasteiger partial charge in [0.1, 0.15) is 17.3 Å². The zero-order chi connectivity index (χ0) is 13.2. The zero-order valence-electron chi connectivity index (χ0n) is 9.24. The molecule has 0 unspecified atom stereocenters. The standard InChI is InChI=1S/C10H10ClFN2O2S/c1-7-5-10(8(11)6-9(7)12)17(15,16)14(2)4-3-13/h5-6H,4H2,1-2H3. The third-order valence-corrected chi connectivity index (χ3v) is 4.46. The molecule has 0 aliphatic carbocycles. The third kappa shape index (κ3) is 2.75. The van der Waals surface area contributed by atoms with Gasteiger partial charge in [0.2, 0.25) is 10.0 Å². The Labute approximate surface area is 104 Å². The van der Waals surface area contributed by atoms with Crippen LogP contribution in [0.4, 0.5) is 4.39 Å². The van der Waals surface area contributed by atoms with Crippen molar-refractivity contribution in [1.82, 2.24) is 4.31 Å². The lowest BCUT2D eigenvalue weighted by Gasteiger charge is -2.15. The molecule has 17 heavy (non-hydrogen) atoms. The molecule has 0 bridgehead atoms. The molecular weight excluding hydrogens is 267 g/mol. The maximum atomic E-state index is 13.2. The molecule has 0 aromatic heterocycles. The summed E-state index contributed by atoms with van der Waals surface area (Å²) in [7, 11) is -2.60. The van der Waals surface area contributed by atoms with E-state index in [0.29, 0.717) is 0 Å². The van der Waals surface area contributed by atoms with Gasteiger partial charge in [-0.1, -0.05) is 11.6 Å². The molecule has 92 valence electrons. The molecule has 0 spiro atoms. The number of sulfonamides is 1. The topological polar surface area (TPSA) is 61.2 Å². The van der Waals surface area contributed by atoms with Gasteiger partial charge in [-0.15, -0.1) is 0 Å². The van der Waals surface area contributed by atoms with Crippen molar-refractivity contribution in [3.8, 4) is 6.07 Å². The van der Waals surface area contributed by atoms with Crippen molar-refractivity contribution in [3.05, 3.63) is 28.5 Å². The molecule has 0 radical (unpaired) electrons. The second-order valence-electron chi connectivity index (χ2n) is 3.45. The Hall–Kier alpha value is -1.16. The quantitative estimate of drug-likeness (QED) is 0.793. The molecule has 1 rings (SSSR count). The molecule has 1 aromatic rings. The van der Waals surface area contributed by atoms with Crippen LogP contribution in [0.3, 0.4) is 0 Å². The number of aryl methyl sites for hydroxylation is 1. The third-order valence-electron chi connectivity index (χ3n) is 2.19. The normalized spacial score (nSPS) is 11.5. The van der Waals surface area contributed by atoms with Crippen molar-refractivity contribution in [2.24, 2.45) is 0 Å². The number of rotatable bonds is 3. The average Bonchev–Trinajstić information content (AvgIpc) is 2.23. The highest BCUT2D eigenvalue weighted by atomic mass is 35.5. The maximum Gasteiger partial charge on any atom is 0.245 e. The average molecular weight is 277 g/mol. The summed E-state index contributed by atoms with van der Waals surface area (Å²) >= 11 is 5.70. The smallest absolute Gasteiger partial charge is 0.207 e. The van der Waals surface area contributed by atoms with E-state index in [-0.39, 0.29) is 22.0 Å². The summed E-state index contributed by atoms with van der Waals surface area (Å²) in [5.74, 6) is -0.572. The molecule has 0 aliphatic heterocycles. The summed E-state index contributed by atoms with van der Waals surface area (Å²) in [4.78, 5) is -0.198. The van der Waals surface area contributed by atoms with Gasteiger partial charge in [-0.2, -0.15) is 9.57 Å². The molecule has 0 heterocycles. The molecule has 7 heteroatoms. The van der Waals surface area contributed by atoms with E-state index >= 15 is 0 Å². The largest absolute Gasteiger partial charge is 0.245 e. The lowest BCUT2D eigenvalue weighted by Crippen LogP contribution is -2.27. The van der Waals surface area contributed by atoms with Gasteiger partial charge in [-0.3, -0.25) is 0 Å². The van der Waals surface area contributed by atoms with E-state index in [1.807, 2.05) is 0 Å². The lowest BCUT2D eigenvalue weighted by molar-refractivity contribution is 0.501. The zero-order valence-corrected chi connectivity index (χ0v) is 10.8. The Kier molecular flexibility index (Phi) is 4.09. The number of nitriles is 1. The lowest BCUT2D eigenvalue weighted by atomic mass is 10.2. The van der Waals surface area contributed by atoms with Crippen molar-refractivity contribution < 1.29 is 12.8 Å². The van der Waals surface area contributed by atoms with E-state index in [2.05, 4.69) is 0 Å². The molecule has 0 saturated heterocycles. The summed E-state index contributed by atoms with van der Waals surface area (Å²) in [6.07, 6.45) is 0. The SMILES string of the molecule is Cc1cc(S(=O)(=O)N(C)CC#N)c(Cl)cc1F. The molecule has 0 aliphatic rings. The summed E-state index contributed by atoms with van der Waals surface area (Å²) in [5.41, 5.74) is 0.179. The minimum Gasteiger partial charge on any atom is -0.207 e. The molecule has 0 N–H and O–H groups in total. The predicted octanol–water partition coefficient (Wildman–Crippen LogP) is 1.93. The van der Waals surface area contributed by atoms with Crippen LogP contribution in [0, 0.1) is 24.1 Å². The monoisotopic (exact) mass is 276 g/mol. The number of hydrogen-bond donors (Lipinski definition) is 0. The Morgan fingerprint density at radius 1 is 1.53 bits per heavy atom. The van der Waals surface area contributed by atoms with Crippen LogP contribution in [0.1, 0.15) is 5.56 Å². The predicted molar refractivity (Wildman–Crippen MR) is 61.6 cm³/mol. The number of benzene rings is 1.